The van der Waals surface area contributed by atoms with Gasteiger partial charge in [-0.15, -0.1) is 0 Å². The maximum Gasteiger partial charge on any atom is 0.277 e. The number of hydrogen-bond acceptors (Lipinski definition) is 4. The first-order valence-corrected chi connectivity index (χ1v) is 9.87. The first-order valence-electron chi connectivity index (χ1n) is 9.08. The van der Waals surface area contributed by atoms with Crippen molar-refractivity contribution in [1.29, 1.82) is 0 Å². The van der Waals surface area contributed by atoms with Crippen LogP contribution in [-0.4, -0.2) is 18.7 Å². The van der Waals surface area contributed by atoms with Gasteiger partial charge in [-0.1, -0.05) is 46.3 Å². The summed E-state index contributed by atoms with van der Waals surface area (Å²) in [4.78, 5) is 11.9. The van der Waals surface area contributed by atoms with Crippen molar-refractivity contribution < 1.29 is 14.3 Å². The molecule has 0 aromatic heterocycles. The minimum Gasteiger partial charge on any atom is -0.489 e. The number of benzene rings is 3. The van der Waals surface area contributed by atoms with Crippen molar-refractivity contribution in [3.8, 4) is 11.5 Å². The molecule has 0 atom stereocenters. The average Bonchev–Trinajstić information content (AvgIpc) is 2.75. The lowest BCUT2D eigenvalue weighted by Crippen LogP contribution is -2.24. The highest BCUT2D eigenvalue weighted by atomic mass is 79.9. The van der Waals surface area contributed by atoms with Crippen molar-refractivity contribution in [2.45, 2.75) is 13.5 Å². The van der Waals surface area contributed by atoms with Gasteiger partial charge < -0.3 is 9.47 Å². The second-order valence-corrected chi connectivity index (χ2v) is 7.19. The van der Waals surface area contributed by atoms with E-state index < -0.39 is 0 Å². The zero-order valence-corrected chi connectivity index (χ0v) is 17.6. The Kier molecular flexibility index (Phi) is 7.41. The minimum absolute atomic E-state index is 0.106. The second kappa shape index (κ2) is 10.4. The molecule has 3 aromatic carbocycles. The highest BCUT2D eigenvalue weighted by molar-refractivity contribution is 9.10. The fourth-order valence-corrected chi connectivity index (χ4v) is 2.70. The van der Waals surface area contributed by atoms with Crippen LogP contribution in [0.5, 0.6) is 11.5 Å². The SMILES string of the molecule is Cc1cc(OCC(=O)N/N=C/c2ccc(OCc3ccccc3)cc2)ccc1Br. The number of amides is 1. The number of halogens is 1. The molecular weight excluding hydrogens is 432 g/mol. The van der Waals surface area contributed by atoms with Crippen LogP contribution in [0.25, 0.3) is 0 Å². The van der Waals surface area contributed by atoms with Crippen molar-refractivity contribution in [3.05, 3.63) is 94.0 Å². The zero-order chi connectivity index (χ0) is 20.5. The number of hydrogen-bond donors (Lipinski definition) is 1. The Labute approximate surface area is 178 Å². The zero-order valence-electron chi connectivity index (χ0n) is 16.0. The van der Waals surface area contributed by atoms with Gasteiger partial charge in [-0.25, -0.2) is 5.43 Å². The molecule has 0 aliphatic carbocycles. The molecule has 5 nitrogen and oxygen atoms in total. The molecule has 6 heteroatoms. The quantitative estimate of drug-likeness (QED) is 0.391. The molecule has 29 heavy (non-hydrogen) atoms. The Balaban J connectivity index is 1.42. The van der Waals surface area contributed by atoms with E-state index in [0.29, 0.717) is 12.4 Å². The lowest BCUT2D eigenvalue weighted by molar-refractivity contribution is -0.123. The molecule has 0 heterocycles. The van der Waals surface area contributed by atoms with Crippen LogP contribution in [-0.2, 0) is 11.4 Å². The third-order valence-electron chi connectivity index (χ3n) is 4.03. The number of rotatable bonds is 8. The molecule has 0 radical (unpaired) electrons. The number of nitrogens with one attached hydrogen (secondary N) is 1. The lowest BCUT2D eigenvalue weighted by atomic mass is 10.2. The summed E-state index contributed by atoms with van der Waals surface area (Å²) < 4.78 is 12.2. The first-order chi connectivity index (χ1) is 14.1. The largest absolute Gasteiger partial charge is 0.489 e. The van der Waals surface area contributed by atoms with Gasteiger partial charge in [-0.2, -0.15) is 5.10 Å². The third kappa shape index (κ3) is 6.76. The predicted octanol–water partition coefficient (Wildman–Crippen LogP) is 4.87. The molecule has 3 rings (SSSR count). The van der Waals surface area contributed by atoms with E-state index in [9.17, 15) is 4.79 Å². The second-order valence-electron chi connectivity index (χ2n) is 6.34. The van der Waals surface area contributed by atoms with Gasteiger partial charge in [-0.05, 0) is 66.1 Å². The van der Waals surface area contributed by atoms with E-state index in [1.807, 2.05) is 73.7 Å². The van der Waals surface area contributed by atoms with Gasteiger partial charge in [0.25, 0.3) is 5.91 Å². The molecule has 0 aliphatic rings. The minimum atomic E-state index is -0.329. The Bertz CT molecular complexity index is 973. The summed E-state index contributed by atoms with van der Waals surface area (Å²) in [6.07, 6.45) is 1.57. The fraction of sp³-hybridized carbons (Fsp3) is 0.130. The van der Waals surface area contributed by atoms with Gasteiger partial charge in [0, 0.05) is 4.47 Å². The Morgan fingerprint density at radius 1 is 1.00 bits per heavy atom. The number of carbonyl (C=O) groups is 1. The summed E-state index contributed by atoms with van der Waals surface area (Å²) in [5, 5.41) is 3.96. The van der Waals surface area contributed by atoms with Crippen LogP contribution in [0.1, 0.15) is 16.7 Å². The standard InChI is InChI=1S/C23H21BrN2O3/c1-17-13-21(11-12-22(17)24)29-16-23(27)26-25-14-18-7-9-20(10-8-18)28-15-19-5-3-2-4-6-19/h2-14H,15-16H2,1H3,(H,26,27)/b25-14+. The lowest BCUT2D eigenvalue weighted by Gasteiger charge is -2.07. The molecule has 1 N–H and O–H groups in total. The summed E-state index contributed by atoms with van der Waals surface area (Å²) in [5.74, 6) is 1.08. The summed E-state index contributed by atoms with van der Waals surface area (Å²) in [6.45, 7) is 2.37. The molecule has 0 fully saturated rings. The van der Waals surface area contributed by atoms with Gasteiger partial charge >= 0.3 is 0 Å². The molecule has 3 aromatic rings. The van der Waals surface area contributed by atoms with Crippen molar-refractivity contribution in [2.24, 2.45) is 5.10 Å². The fourth-order valence-electron chi connectivity index (χ4n) is 2.46. The van der Waals surface area contributed by atoms with Gasteiger partial charge in [-0.3, -0.25) is 4.79 Å². The monoisotopic (exact) mass is 452 g/mol. The van der Waals surface area contributed by atoms with E-state index in [2.05, 4.69) is 26.5 Å². The number of carbonyl (C=O) groups excluding carboxylic acids is 1. The Morgan fingerprint density at radius 2 is 1.72 bits per heavy atom. The van der Waals surface area contributed by atoms with E-state index in [0.717, 1.165) is 26.9 Å². The average molecular weight is 453 g/mol. The van der Waals surface area contributed by atoms with Crippen LogP contribution >= 0.6 is 15.9 Å². The van der Waals surface area contributed by atoms with Gasteiger partial charge in [0.1, 0.15) is 18.1 Å². The molecule has 0 spiro atoms. The number of hydrazone groups is 1. The van der Waals surface area contributed by atoms with Crippen molar-refractivity contribution in [1.82, 2.24) is 5.43 Å². The van der Waals surface area contributed by atoms with E-state index in [-0.39, 0.29) is 12.5 Å². The molecular formula is C23H21BrN2O3. The van der Waals surface area contributed by atoms with Crippen LogP contribution < -0.4 is 14.9 Å². The van der Waals surface area contributed by atoms with Crippen LogP contribution in [0, 0.1) is 6.92 Å². The topological polar surface area (TPSA) is 59.9 Å². The first kappa shape index (κ1) is 20.6. The normalized spacial score (nSPS) is 10.7. The molecule has 0 saturated heterocycles. The van der Waals surface area contributed by atoms with Crippen LogP contribution in [0.3, 0.4) is 0 Å². The molecule has 0 saturated carbocycles. The molecule has 0 unspecified atom stereocenters. The maximum atomic E-state index is 11.9. The number of aryl methyl sites for hydroxylation is 1. The van der Waals surface area contributed by atoms with E-state index in [4.69, 9.17) is 9.47 Å². The predicted molar refractivity (Wildman–Crippen MR) is 117 cm³/mol. The number of ether oxygens (including phenoxy) is 2. The van der Waals surface area contributed by atoms with E-state index in [1.165, 1.54) is 0 Å². The summed E-state index contributed by atoms with van der Waals surface area (Å²) in [6, 6.07) is 23.0. The third-order valence-corrected chi connectivity index (χ3v) is 4.92. The Hall–Kier alpha value is -3.12. The van der Waals surface area contributed by atoms with Crippen LogP contribution in [0.4, 0.5) is 0 Å². The van der Waals surface area contributed by atoms with Crippen molar-refractivity contribution in [2.75, 3.05) is 6.61 Å². The van der Waals surface area contributed by atoms with Crippen molar-refractivity contribution >= 4 is 28.1 Å². The number of nitrogens with zero attached hydrogens (tertiary/aromatic N) is 1. The van der Waals surface area contributed by atoms with Gasteiger partial charge in [0.15, 0.2) is 6.61 Å². The molecule has 148 valence electrons. The molecule has 1 amide bonds. The summed E-state index contributed by atoms with van der Waals surface area (Å²) >= 11 is 3.43. The van der Waals surface area contributed by atoms with Gasteiger partial charge in [0.2, 0.25) is 0 Å². The molecule has 0 aliphatic heterocycles. The molecule has 0 bridgehead atoms. The van der Waals surface area contributed by atoms with Gasteiger partial charge in [0.05, 0.1) is 6.21 Å². The maximum absolute atomic E-state index is 11.9. The van der Waals surface area contributed by atoms with Crippen LogP contribution in [0.15, 0.2) is 82.4 Å². The van der Waals surface area contributed by atoms with Crippen LogP contribution in [0.2, 0.25) is 0 Å². The van der Waals surface area contributed by atoms with E-state index in [1.54, 1.807) is 12.3 Å². The summed E-state index contributed by atoms with van der Waals surface area (Å²) in [7, 11) is 0. The Morgan fingerprint density at radius 3 is 2.45 bits per heavy atom. The smallest absolute Gasteiger partial charge is 0.277 e. The summed E-state index contributed by atoms with van der Waals surface area (Å²) in [5.41, 5.74) is 5.45. The van der Waals surface area contributed by atoms with E-state index >= 15 is 0 Å². The highest BCUT2D eigenvalue weighted by Gasteiger charge is 2.03. The van der Waals surface area contributed by atoms with Crippen molar-refractivity contribution in [3.63, 3.8) is 0 Å². The highest BCUT2D eigenvalue weighted by Crippen LogP contribution is 2.21.